The molecule has 0 unspecified atom stereocenters. The highest BCUT2D eigenvalue weighted by Gasteiger charge is 2.19. The lowest BCUT2D eigenvalue weighted by Crippen LogP contribution is -2.24. The first kappa shape index (κ1) is 12.6. The van der Waals surface area contributed by atoms with Crippen molar-refractivity contribution in [1.29, 1.82) is 0 Å². The van der Waals surface area contributed by atoms with Crippen molar-refractivity contribution in [3.05, 3.63) is 71.2 Å². The molecule has 0 amide bonds. The SMILES string of the molecule is Fc1cccc(Cn2c3c(c4ccccc42)CNCC3)c1. The number of aromatic nitrogens is 1. The monoisotopic (exact) mass is 280 g/mol. The normalized spacial score (nSPS) is 14.3. The van der Waals surface area contributed by atoms with Crippen LogP contribution >= 0.6 is 0 Å². The topological polar surface area (TPSA) is 17.0 Å². The van der Waals surface area contributed by atoms with Crippen LogP contribution in [0.3, 0.4) is 0 Å². The van der Waals surface area contributed by atoms with Crippen molar-refractivity contribution in [2.45, 2.75) is 19.5 Å². The molecule has 21 heavy (non-hydrogen) atoms. The Morgan fingerprint density at radius 1 is 1.10 bits per heavy atom. The minimum absolute atomic E-state index is 0.167. The molecule has 1 aliphatic heterocycles. The van der Waals surface area contributed by atoms with Gasteiger partial charge in [-0.1, -0.05) is 30.3 Å². The van der Waals surface area contributed by atoms with E-state index in [0.29, 0.717) is 0 Å². The average Bonchev–Trinajstić information content (AvgIpc) is 2.83. The molecule has 2 nitrogen and oxygen atoms in total. The summed E-state index contributed by atoms with van der Waals surface area (Å²) in [5, 5.41) is 4.76. The van der Waals surface area contributed by atoms with E-state index in [2.05, 4.69) is 34.1 Å². The third-order valence-corrected chi connectivity index (χ3v) is 4.26. The number of benzene rings is 2. The van der Waals surface area contributed by atoms with Gasteiger partial charge in [-0.15, -0.1) is 0 Å². The number of fused-ring (bicyclic) bond motifs is 3. The van der Waals surface area contributed by atoms with E-state index in [0.717, 1.165) is 31.6 Å². The molecule has 3 heteroatoms. The van der Waals surface area contributed by atoms with Gasteiger partial charge in [0.1, 0.15) is 5.82 Å². The van der Waals surface area contributed by atoms with Gasteiger partial charge in [-0.05, 0) is 29.3 Å². The second-order valence-corrected chi connectivity index (χ2v) is 5.59. The maximum Gasteiger partial charge on any atom is 0.123 e. The highest BCUT2D eigenvalue weighted by Crippen LogP contribution is 2.29. The summed E-state index contributed by atoms with van der Waals surface area (Å²) in [6.45, 7) is 2.66. The molecule has 0 radical (unpaired) electrons. The first-order valence-electron chi connectivity index (χ1n) is 7.37. The van der Waals surface area contributed by atoms with Crippen molar-refractivity contribution in [3.8, 4) is 0 Å². The Morgan fingerprint density at radius 2 is 2.00 bits per heavy atom. The summed E-state index contributed by atoms with van der Waals surface area (Å²) in [5.41, 5.74) is 5.04. The van der Waals surface area contributed by atoms with Crippen molar-refractivity contribution in [2.24, 2.45) is 0 Å². The van der Waals surface area contributed by atoms with Crippen LogP contribution in [0.2, 0.25) is 0 Å². The number of halogens is 1. The zero-order chi connectivity index (χ0) is 14.2. The van der Waals surface area contributed by atoms with Crippen molar-refractivity contribution in [1.82, 2.24) is 9.88 Å². The van der Waals surface area contributed by atoms with Crippen LogP contribution in [0.5, 0.6) is 0 Å². The molecule has 0 fully saturated rings. The van der Waals surface area contributed by atoms with Crippen molar-refractivity contribution < 1.29 is 4.39 Å². The van der Waals surface area contributed by atoms with E-state index in [1.54, 1.807) is 12.1 Å². The van der Waals surface area contributed by atoms with E-state index < -0.39 is 0 Å². The Kier molecular flexibility index (Phi) is 3.00. The summed E-state index contributed by atoms with van der Waals surface area (Å²) in [6.07, 6.45) is 1.03. The van der Waals surface area contributed by atoms with Gasteiger partial charge >= 0.3 is 0 Å². The van der Waals surface area contributed by atoms with Gasteiger partial charge in [-0.25, -0.2) is 4.39 Å². The van der Waals surface area contributed by atoms with Crippen LogP contribution in [0.15, 0.2) is 48.5 Å². The Hall–Kier alpha value is -2.13. The summed E-state index contributed by atoms with van der Waals surface area (Å²) in [5.74, 6) is -0.167. The first-order valence-corrected chi connectivity index (χ1v) is 7.37. The Bertz CT molecular complexity index is 804. The third-order valence-electron chi connectivity index (χ3n) is 4.26. The first-order chi connectivity index (χ1) is 10.3. The zero-order valence-electron chi connectivity index (χ0n) is 11.8. The molecule has 0 atom stereocenters. The molecule has 1 aliphatic rings. The number of hydrogen-bond acceptors (Lipinski definition) is 1. The highest BCUT2D eigenvalue weighted by atomic mass is 19.1. The van der Waals surface area contributed by atoms with Gasteiger partial charge in [0.25, 0.3) is 0 Å². The fourth-order valence-electron chi connectivity index (χ4n) is 3.33. The Labute approximate surface area is 123 Å². The minimum Gasteiger partial charge on any atom is -0.340 e. The fraction of sp³-hybridized carbons (Fsp3) is 0.222. The average molecular weight is 280 g/mol. The predicted molar refractivity (Wildman–Crippen MR) is 82.9 cm³/mol. The molecule has 3 aromatic rings. The second kappa shape index (κ2) is 5.01. The van der Waals surface area contributed by atoms with Gasteiger partial charge in [-0.2, -0.15) is 0 Å². The van der Waals surface area contributed by atoms with E-state index in [-0.39, 0.29) is 5.82 Å². The summed E-state index contributed by atoms with van der Waals surface area (Å²) in [6, 6.07) is 15.4. The number of nitrogens with zero attached hydrogens (tertiary/aromatic N) is 1. The standard InChI is InChI=1S/C18H17FN2/c19-14-5-3-4-13(10-14)12-21-17-7-2-1-6-15(17)16-11-20-9-8-18(16)21/h1-7,10,20H,8-9,11-12H2. The lowest BCUT2D eigenvalue weighted by molar-refractivity contribution is 0.606. The lowest BCUT2D eigenvalue weighted by atomic mass is 10.1. The molecule has 0 aliphatic carbocycles. The molecule has 2 heterocycles. The van der Waals surface area contributed by atoms with E-state index in [9.17, 15) is 4.39 Å². The third kappa shape index (κ3) is 2.14. The number of hydrogen-bond donors (Lipinski definition) is 1. The van der Waals surface area contributed by atoms with Gasteiger partial charge in [0.2, 0.25) is 0 Å². The Morgan fingerprint density at radius 3 is 2.90 bits per heavy atom. The molecule has 0 saturated heterocycles. The Balaban J connectivity index is 1.88. The van der Waals surface area contributed by atoms with Crippen LogP contribution in [-0.4, -0.2) is 11.1 Å². The van der Waals surface area contributed by atoms with E-state index in [1.165, 1.54) is 28.2 Å². The van der Waals surface area contributed by atoms with Crippen molar-refractivity contribution in [2.75, 3.05) is 6.54 Å². The lowest BCUT2D eigenvalue weighted by Gasteiger charge is -2.17. The predicted octanol–water partition coefficient (Wildman–Crippen LogP) is 3.47. The molecule has 4 rings (SSSR count). The van der Waals surface area contributed by atoms with Gasteiger partial charge in [0, 0.05) is 42.7 Å². The number of rotatable bonds is 2. The molecule has 0 saturated carbocycles. The van der Waals surface area contributed by atoms with Gasteiger partial charge in [0.15, 0.2) is 0 Å². The fourth-order valence-corrected chi connectivity index (χ4v) is 3.33. The van der Waals surface area contributed by atoms with Crippen LogP contribution in [0, 0.1) is 5.82 Å². The highest BCUT2D eigenvalue weighted by molar-refractivity contribution is 5.86. The minimum atomic E-state index is -0.167. The molecule has 2 aromatic carbocycles. The second-order valence-electron chi connectivity index (χ2n) is 5.59. The maximum absolute atomic E-state index is 13.4. The largest absolute Gasteiger partial charge is 0.340 e. The molecule has 1 N–H and O–H groups in total. The zero-order valence-corrected chi connectivity index (χ0v) is 11.8. The molecule has 106 valence electrons. The summed E-state index contributed by atoms with van der Waals surface area (Å²) >= 11 is 0. The van der Waals surface area contributed by atoms with E-state index in [1.807, 2.05) is 6.07 Å². The molecular formula is C18H17FN2. The molecule has 1 aromatic heterocycles. The maximum atomic E-state index is 13.4. The van der Waals surface area contributed by atoms with Gasteiger partial charge in [-0.3, -0.25) is 0 Å². The molecule has 0 bridgehead atoms. The summed E-state index contributed by atoms with van der Waals surface area (Å²) < 4.78 is 15.8. The smallest absolute Gasteiger partial charge is 0.123 e. The van der Waals surface area contributed by atoms with Crippen LogP contribution < -0.4 is 5.32 Å². The van der Waals surface area contributed by atoms with E-state index in [4.69, 9.17) is 0 Å². The van der Waals surface area contributed by atoms with Crippen molar-refractivity contribution in [3.63, 3.8) is 0 Å². The molecule has 0 spiro atoms. The summed E-state index contributed by atoms with van der Waals surface area (Å²) in [7, 11) is 0. The number of para-hydroxylation sites is 1. The van der Waals surface area contributed by atoms with Crippen LogP contribution in [-0.2, 0) is 19.5 Å². The number of nitrogens with one attached hydrogen (secondary N) is 1. The van der Waals surface area contributed by atoms with Crippen molar-refractivity contribution >= 4 is 10.9 Å². The summed E-state index contributed by atoms with van der Waals surface area (Å²) in [4.78, 5) is 0. The van der Waals surface area contributed by atoms with E-state index >= 15 is 0 Å². The molecular weight excluding hydrogens is 263 g/mol. The van der Waals surface area contributed by atoms with Crippen LogP contribution in [0.25, 0.3) is 10.9 Å². The van der Waals surface area contributed by atoms with Gasteiger partial charge < -0.3 is 9.88 Å². The quantitative estimate of drug-likeness (QED) is 0.760. The van der Waals surface area contributed by atoms with Crippen LogP contribution in [0.4, 0.5) is 4.39 Å². The van der Waals surface area contributed by atoms with Gasteiger partial charge in [0.05, 0.1) is 0 Å². The van der Waals surface area contributed by atoms with Crippen LogP contribution in [0.1, 0.15) is 16.8 Å².